The molecule has 1 aliphatic heterocycles. The Balaban J connectivity index is 1.54. The van der Waals surface area contributed by atoms with Gasteiger partial charge < -0.3 is 4.90 Å². The molecule has 0 bridgehead atoms. The number of carbonyl (C=O) groups is 1. The van der Waals surface area contributed by atoms with Gasteiger partial charge in [-0.3, -0.25) is 4.79 Å². The summed E-state index contributed by atoms with van der Waals surface area (Å²) in [6.07, 6.45) is 2.10. The number of benzene rings is 3. The van der Waals surface area contributed by atoms with Crippen LogP contribution in [-0.4, -0.2) is 32.3 Å². The fraction of sp³-hybridized carbons (Fsp3) is 0.227. The van der Waals surface area contributed by atoms with Gasteiger partial charge in [-0.2, -0.15) is 0 Å². The molecule has 4 rings (SSSR count). The van der Waals surface area contributed by atoms with Crippen LogP contribution in [-0.2, 0) is 15.6 Å². The first-order chi connectivity index (χ1) is 13.0. The Morgan fingerprint density at radius 2 is 1.52 bits per heavy atom. The summed E-state index contributed by atoms with van der Waals surface area (Å²) < 4.78 is 25.6. The van der Waals surface area contributed by atoms with Crippen molar-refractivity contribution in [3.8, 4) is 0 Å². The SMILES string of the molecule is O=C(c1ccc(CS(=O)(=O)c2ccc3ccccc3c2)cc1)N1CCCC1. The van der Waals surface area contributed by atoms with E-state index in [1.165, 1.54) is 0 Å². The van der Waals surface area contributed by atoms with E-state index in [9.17, 15) is 13.2 Å². The Morgan fingerprint density at radius 1 is 0.852 bits per heavy atom. The van der Waals surface area contributed by atoms with Gasteiger partial charge in [0, 0.05) is 18.7 Å². The van der Waals surface area contributed by atoms with Crippen LogP contribution in [0.15, 0.2) is 71.6 Å². The zero-order chi connectivity index (χ0) is 18.9. The zero-order valence-corrected chi connectivity index (χ0v) is 15.8. The fourth-order valence-electron chi connectivity index (χ4n) is 3.51. The third-order valence-electron chi connectivity index (χ3n) is 5.03. The number of nitrogens with zero attached hydrogens (tertiary/aromatic N) is 1. The van der Waals surface area contributed by atoms with E-state index in [2.05, 4.69) is 0 Å². The Kier molecular flexibility index (Phi) is 4.70. The van der Waals surface area contributed by atoms with Gasteiger partial charge in [0.25, 0.3) is 5.91 Å². The predicted molar refractivity (Wildman–Crippen MR) is 106 cm³/mol. The standard InChI is InChI=1S/C22H21NO3S/c24-22(23-13-3-4-14-23)19-9-7-17(8-10-19)16-27(25,26)21-12-11-18-5-1-2-6-20(18)15-21/h1-2,5-12,15H,3-4,13-14,16H2. The van der Waals surface area contributed by atoms with Crippen LogP contribution >= 0.6 is 0 Å². The molecule has 5 heteroatoms. The van der Waals surface area contributed by atoms with Gasteiger partial charge in [-0.25, -0.2) is 8.42 Å². The fourth-order valence-corrected chi connectivity index (χ4v) is 4.89. The summed E-state index contributed by atoms with van der Waals surface area (Å²) >= 11 is 0. The average molecular weight is 379 g/mol. The van der Waals surface area contributed by atoms with E-state index in [-0.39, 0.29) is 11.7 Å². The topological polar surface area (TPSA) is 54.5 Å². The molecule has 1 saturated heterocycles. The predicted octanol–water partition coefficient (Wildman–Crippen LogP) is 4.05. The van der Waals surface area contributed by atoms with Crippen molar-refractivity contribution in [2.45, 2.75) is 23.5 Å². The van der Waals surface area contributed by atoms with Crippen LogP contribution in [0.1, 0.15) is 28.8 Å². The number of amides is 1. The van der Waals surface area contributed by atoms with E-state index in [0.717, 1.165) is 36.7 Å². The van der Waals surface area contributed by atoms with Gasteiger partial charge in [0.2, 0.25) is 0 Å². The summed E-state index contributed by atoms with van der Waals surface area (Å²) in [5.41, 5.74) is 1.30. The minimum absolute atomic E-state index is 0.0245. The molecule has 1 heterocycles. The summed E-state index contributed by atoms with van der Waals surface area (Å²) in [6, 6.07) is 19.8. The van der Waals surface area contributed by atoms with Crippen molar-refractivity contribution in [3.05, 3.63) is 77.9 Å². The third-order valence-corrected chi connectivity index (χ3v) is 6.72. The lowest BCUT2D eigenvalue weighted by Gasteiger charge is -2.15. The average Bonchev–Trinajstić information content (AvgIpc) is 3.22. The summed E-state index contributed by atoms with van der Waals surface area (Å²) in [4.78, 5) is 14.6. The normalized spacial score (nSPS) is 14.6. The molecule has 0 saturated carbocycles. The molecule has 0 unspecified atom stereocenters. The van der Waals surface area contributed by atoms with Crippen LogP contribution in [0.4, 0.5) is 0 Å². The molecule has 4 nitrogen and oxygen atoms in total. The second-order valence-corrected chi connectivity index (χ2v) is 8.95. The first kappa shape index (κ1) is 17.7. The maximum atomic E-state index is 12.8. The van der Waals surface area contributed by atoms with Crippen LogP contribution < -0.4 is 0 Å². The van der Waals surface area contributed by atoms with E-state index in [1.54, 1.807) is 36.4 Å². The molecule has 1 aliphatic rings. The molecule has 0 aliphatic carbocycles. The van der Waals surface area contributed by atoms with Crippen molar-refractivity contribution in [1.82, 2.24) is 4.90 Å². The maximum absolute atomic E-state index is 12.8. The number of hydrogen-bond acceptors (Lipinski definition) is 3. The minimum Gasteiger partial charge on any atom is -0.339 e. The molecule has 0 spiro atoms. The molecule has 3 aromatic rings. The lowest BCUT2D eigenvalue weighted by molar-refractivity contribution is 0.0793. The highest BCUT2D eigenvalue weighted by Gasteiger charge is 2.20. The summed E-state index contributed by atoms with van der Waals surface area (Å²) in [5, 5.41) is 1.92. The second-order valence-electron chi connectivity index (χ2n) is 6.96. The van der Waals surface area contributed by atoms with Crippen molar-refractivity contribution in [2.24, 2.45) is 0 Å². The smallest absolute Gasteiger partial charge is 0.253 e. The van der Waals surface area contributed by atoms with Crippen molar-refractivity contribution < 1.29 is 13.2 Å². The van der Waals surface area contributed by atoms with E-state index in [1.807, 2.05) is 35.2 Å². The van der Waals surface area contributed by atoms with E-state index in [4.69, 9.17) is 0 Å². The number of rotatable bonds is 4. The monoisotopic (exact) mass is 379 g/mol. The van der Waals surface area contributed by atoms with Crippen LogP contribution in [0.3, 0.4) is 0 Å². The molecule has 3 aromatic carbocycles. The zero-order valence-electron chi connectivity index (χ0n) is 15.0. The molecule has 0 radical (unpaired) electrons. The van der Waals surface area contributed by atoms with E-state index < -0.39 is 9.84 Å². The van der Waals surface area contributed by atoms with E-state index in [0.29, 0.717) is 16.0 Å². The van der Waals surface area contributed by atoms with Gasteiger partial charge in [0.15, 0.2) is 9.84 Å². The van der Waals surface area contributed by atoms with Crippen molar-refractivity contribution in [2.75, 3.05) is 13.1 Å². The number of likely N-dealkylation sites (tertiary alicyclic amines) is 1. The highest BCUT2D eigenvalue weighted by Crippen LogP contribution is 2.22. The van der Waals surface area contributed by atoms with Crippen LogP contribution in [0, 0.1) is 0 Å². The van der Waals surface area contributed by atoms with E-state index >= 15 is 0 Å². The van der Waals surface area contributed by atoms with Crippen molar-refractivity contribution in [3.63, 3.8) is 0 Å². The largest absolute Gasteiger partial charge is 0.339 e. The van der Waals surface area contributed by atoms with Gasteiger partial charge in [0.1, 0.15) is 0 Å². The molecule has 1 fully saturated rings. The summed E-state index contributed by atoms with van der Waals surface area (Å²) in [5.74, 6) is -0.0554. The molecular weight excluding hydrogens is 358 g/mol. The van der Waals surface area contributed by atoms with Crippen LogP contribution in [0.2, 0.25) is 0 Å². The van der Waals surface area contributed by atoms with Crippen molar-refractivity contribution >= 4 is 26.5 Å². The maximum Gasteiger partial charge on any atom is 0.253 e. The number of hydrogen-bond donors (Lipinski definition) is 0. The Labute approximate surface area is 159 Å². The first-order valence-electron chi connectivity index (χ1n) is 9.13. The lowest BCUT2D eigenvalue weighted by atomic mass is 10.1. The highest BCUT2D eigenvalue weighted by atomic mass is 32.2. The highest BCUT2D eigenvalue weighted by molar-refractivity contribution is 7.90. The number of sulfone groups is 1. The van der Waals surface area contributed by atoms with Gasteiger partial charge in [-0.15, -0.1) is 0 Å². The molecule has 27 heavy (non-hydrogen) atoms. The first-order valence-corrected chi connectivity index (χ1v) is 10.8. The third kappa shape index (κ3) is 3.74. The Bertz CT molecular complexity index is 1080. The van der Waals surface area contributed by atoms with Gasteiger partial charge in [-0.05, 0) is 53.4 Å². The molecule has 0 aromatic heterocycles. The quantitative estimate of drug-likeness (QED) is 0.687. The minimum atomic E-state index is -3.45. The van der Waals surface area contributed by atoms with Crippen LogP contribution in [0.25, 0.3) is 10.8 Å². The number of carbonyl (C=O) groups excluding carboxylic acids is 1. The Hall–Kier alpha value is -2.66. The van der Waals surface area contributed by atoms with Gasteiger partial charge >= 0.3 is 0 Å². The number of fused-ring (bicyclic) bond motifs is 1. The molecular formula is C22H21NO3S. The van der Waals surface area contributed by atoms with Gasteiger partial charge in [-0.1, -0.05) is 42.5 Å². The Morgan fingerprint density at radius 3 is 2.22 bits per heavy atom. The second kappa shape index (κ2) is 7.16. The summed E-state index contributed by atoms with van der Waals surface area (Å²) in [6.45, 7) is 1.61. The lowest BCUT2D eigenvalue weighted by Crippen LogP contribution is -2.27. The van der Waals surface area contributed by atoms with Crippen LogP contribution in [0.5, 0.6) is 0 Å². The van der Waals surface area contributed by atoms with Crippen molar-refractivity contribution in [1.29, 1.82) is 0 Å². The molecule has 1 amide bonds. The molecule has 0 N–H and O–H groups in total. The molecule has 138 valence electrons. The molecule has 0 atom stereocenters. The van der Waals surface area contributed by atoms with Gasteiger partial charge in [0.05, 0.1) is 10.6 Å². The summed E-state index contributed by atoms with van der Waals surface area (Å²) in [7, 11) is -3.45.